The van der Waals surface area contributed by atoms with E-state index < -0.39 is 16.9 Å². The lowest BCUT2D eigenvalue weighted by molar-refractivity contribution is -0.385. The molecule has 2 aromatic rings. The number of nitrogens with zero attached hydrogens (tertiary/aromatic N) is 2. The molecule has 1 heterocycles. The Morgan fingerprint density at radius 1 is 1.28 bits per heavy atom. The van der Waals surface area contributed by atoms with Gasteiger partial charge in [0.15, 0.2) is 5.17 Å². The molecule has 0 amide bonds. The van der Waals surface area contributed by atoms with Crippen molar-refractivity contribution in [3.8, 4) is 5.75 Å². The molecule has 8 nitrogen and oxygen atoms in total. The number of ether oxygens (including phenoxy) is 1. The Morgan fingerprint density at radius 2 is 1.97 bits per heavy atom. The molecular weight excluding hydrogens is 394 g/mol. The first-order chi connectivity index (χ1) is 13.9. The number of rotatable bonds is 6. The Labute approximate surface area is 171 Å². The van der Waals surface area contributed by atoms with E-state index in [1.54, 1.807) is 32.2 Å². The molecule has 1 aliphatic heterocycles. The predicted molar refractivity (Wildman–Crippen MR) is 111 cm³/mol. The maximum Gasteiger partial charge on any atom is 0.335 e. The largest absolute Gasteiger partial charge is 0.497 e. The van der Waals surface area contributed by atoms with Crippen LogP contribution in [0.4, 0.5) is 5.69 Å². The number of thioether (sulfide) groups is 1. The number of aliphatic carboxylic acids is 1. The molecule has 0 spiro atoms. The Balaban J connectivity index is 1.91. The molecule has 9 heteroatoms. The van der Waals surface area contributed by atoms with E-state index in [1.165, 1.54) is 17.8 Å². The SMILES string of the molecule is COc1ccc(CSC2=NC(c3ccccc3[N+](=O)[O-])C(C(=O)O)=C(C)N2)cc1. The Hall–Kier alpha value is -3.33. The zero-order valence-corrected chi connectivity index (χ0v) is 16.6. The summed E-state index contributed by atoms with van der Waals surface area (Å²) in [5.74, 6) is 0.184. The molecule has 2 N–H and O–H groups in total. The van der Waals surface area contributed by atoms with Gasteiger partial charge in [-0.05, 0) is 30.7 Å². The second-order valence-electron chi connectivity index (χ2n) is 6.26. The highest BCUT2D eigenvalue weighted by Crippen LogP contribution is 2.37. The molecule has 29 heavy (non-hydrogen) atoms. The van der Waals surface area contributed by atoms with Gasteiger partial charge < -0.3 is 15.2 Å². The van der Waals surface area contributed by atoms with E-state index in [4.69, 9.17) is 4.74 Å². The van der Waals surface area contributed by atoms with Crippen LogP contribution in [-0.4, -0.2) is 28.3 Å². The van der Waals surface area contributed by atoms with Gasteiger partial charge in [-0.25, -0.2) is 9.79 Å². The van der Waals surface area contributed by atoms with Gasteiger partial charge in [0.05, 0.1) is 23.2 Å². The highest BCUT2D eigenvalue weighted by atomic mass is 32.2. The number of nitrogens with one attached hydrogen (secondary N) is 1. The number of methoxy groups -OCH3 is 1. The number of nitro groups is 1. The minimum atomic E-state index is -1.17. The number of carboxylic acids is 1. The first-order valence-corrected chi connectivity index (χ1v) is 9.67. The quantitative estimate of drug-likeness (QED) is 0.545. The number of allylic oxidation sites excluding steroid dienone is 1. The van der Waals surface area contributed by atoms with Crippen LogP contribution >= 0.6 is 11.8 Å². The van der Waals surface area contributed by atoms with Crippen LogP contribution < -0.4 is 10.1 Å². The van der Waals surface area contributed by atoms with Gasteiger partial charge in [0.2, 0.25) is 0 Å². The minimum absolute atomic E-state index is 0.00639. The fraction of sp³-hybridized carbons (Fsp3) is 0.200. The van der Waals surface area contributed by atoms with Crippen LogP contribution in [0, 0.1) is 10.1 Å². The Morgan fingerprint density at radius 3 is 2.59 bits per heavy atom. The van der Waals surface area contributed by atoms with Crippen molar-refractivity contribution in [3.63, 3.8) is 0 Å². The van der Waals surface area contributed by atoms with Crippen LogP contribution in [-0.2, 0) is 10.5 Å². The molecule has 0 aromatic heterocycles. The monoisotopic (exact) mass is 413 g/mol. The molecule has 1 unspecified atom stereocenters. The molecule has 0 bridgehead atoms. The van der Waals surface area contributed by atoms with Gasteiger partial charge in [0.1, 0.15) is 11.8 Å². The third kappa shape index (κ3) is 4.57. The summed E-state index contributed by atoms with van der Waals surface area (Å²) in [5, 5.41) is 24.6. The number of para-hydroxylation sites is 1. The van der Waals surface area contributed by atoms with Crippen molar-refractivity contribution in [2.24, 2.45) is 4.99 Å². The lowest BCUT2D eigenvalue weighted by Crippen LogP contribution is -2.30. The van der Waals surface area contributed by atoms with Gasteiger partial charge in [-0.15, -0.1) is 0 Å². The van der Waals surface area contributed by atoms with Crippen molar-refractivity contribution in [1.29, 1.82) is 0 Å². The summed E-state index contributed by atoms with van der Waals surface area (Å²) in [5.41, 5.74) is 1.53. The summed E-state index contributed by atoms with van der Waals surface area (Å²) in [6.07, 6.45) is 0. The zero-order valence-electron chi connectivity index (χ0n) is 15.8. The van der Waals surface area contributed by atoms with Crippen molar-refractivity contribution < 1.29 is 19.6 Å². The molecule has 0 aliphatic carbocycles. The summed E-state index contributed by atoms with van der Waals surface area (Å²) >= 11 is 1.40. The zero-order chi connectivity index (χ0) is 21.0. The molecule has 2 aromatic carbocycles. The van der Waals surface area contributed by atoms with E-state index in [2.05, 4.69) is 10.3 Å². The summed E-state index contributed by atoms with van der Waals surface area (Å²) in [6.45, 7) is 1.63. The van der Waals surface area contributed by atoms with Crippen LogP contribution in [0.5, 0.6) is 5.75 Å². The second kappa shape index (κ2) is 8.78. The first kappa shape index (κ1) is 20.4. The average molecular weight is 413 g/mol. The number of benzene rings is 2. The van der Waals surface area contributed by atoms with Gasteiger partial charge in [0.25, 0.3) is 5.69 Å². The number of carbonyl (C=O) groups is 1. The van der Waals surface area contributed by atoms with E-state index in [0.29, 0.717) is 16.6 Å². The smallest absolute Gasteiger partial charge is 0.335 e. The van der Waals surface area contributed by atoms with Gasteiger partial charge in [-0.1, -0.05) is 36.0 Å². The van der Waals surface area contributed by atoms with E-state index >= 15 is 0 Å². The van der Waals surface area contributed by atoms with Gasteiger partial charge >= 0.3 is 5.97 Å². The number of nitro benzene ring substituents is 1. The van der Waals surface area contributed by atoms with Crippen molar-refractivity contribution in [2.75, 3.05) is 7.11 Å². The highest BCUT2D eigenvalue weighted by Gasteiger charge is 2.33. The van der Waals surface area contributed by atoms with E-state index in [9.17, 15) is 20.0 Å². The number of hydrogen-bond donors (Lipinski definition) is 2. The lowest BCUT2D eigenvalue weighted by atomic mass is 9.95. The molecule has 3 rings (SSSR count). The standard InChI is InChI=1S/C20H19N3O5S/c1-12-17(19(24)25)18(15-5-3-4-6-16(15)23(26)27)22-20(21-12)29-11-13-7-9-14(28-2)10-8-13/h3-10,18H,11H2,1-2H3,(H,21,22)(H,24,25). The van der Waals surface area contributed by atoms with Crippen molar-refractivity contribution in [2.45, 2.75) is 18.7 Å². The number of hydrogen-bond acceptors (Lipinski definition) is 7. The van der Waals surface area contributed by atoms with Crippen molar-refractivity contribution in [3.05, 3.63) is 81.0 Å². The molecule has 0 radical (unpaired) electrons. The predicted octanol–water partition coefficient (Wildman–Crippen LogP) is 3.90. The van der Waals surface area contributed by atoms with E-state index in [-0.39, 0.29) is 16.8 Å². The normalized spacial score (nSPS) is 16.1. The van der Waals surface area contributed by atoms with Crippen LogP contribution in [0.2, 0.25) is 0 Å². The maximum absolute atomic E-state index is 11.8. The van der Waals surface area contributed by atoms with E-state index in [1.807, 2.05) is 24.3 Å². The van der Waals surface area contributed by atoms with Gasteiger partial charge in [-0.2, -0.15) is 0 Å². The molecule has 1 atom stereocenters. The topological polar surface area (TPSA) is 114 Å². The third-order valence-corrected chi connectivity index (χ3v) is 5.37. The number of aliphatic imine (C=N–C) groups is 1. The van der Waals surface area contributed by atoms with E-state index in [0.717, 1.165) is 11.3 Å². The molecule has 150 valence electrons. The average Bonchev–Trinajstić information content (AvgIpc) is 2.71. The summed E-state index contributed by atoms with van der Waals surface area (Å²) in [6, 6.07) is 12.7. The van der Waals surface area contributed by atoms with Crippen molar-refractivity contribution in [1.82, 2.24) is 5.32 Å². The number of carboxylic acid groups (broad SMARTS) is 1. The van der Waals surface area contributed by atoms with Crippen LogP contribution in [0.15, 0.2) is 64.8 Å². The molecule has 0 saturated carbocycles. The minimum Gasteiger partial charge on any atom is -0.497 e. The third-order valence-electron chi connectivity index (χ3n) is 4.41. The molecule has 0 saturated heterocycles. The second-order valence-corrected chi connectivity index (χ2v) is 7.22. The summed E-state index contributed by atoms with van der Waals surface area (Å²) < 4.78 is 5.15. The molecule has 0 fully saturated rings. The highest BCUT2D eigenvalue weighted by molar-refractivity contribution is 8.13. The van der Waals surface area contributed by atoms with Crippen LogP contribution in [0.3, 0.4) is 0 Å². The molecule has 1 aliphatic rings. The first-order valence-electron chi connectivity index (χ1n) is 8.68. The fourth-order valence-electron chi connectivity index (χ4n) is 2.98. The lowest BCUT2D eigenvalue weighted by Gasteiger charge is -2.24. The fourth-order valence-corrected chi connectivity index (χ4v) is 3.88. The molecular formula is C20H19N3O5S. The van der Waals surface area contributed by atoms with Crippen molar-refractivity contribution >= 4 is 28.6 Å². The van der Waals surface area contributed by atoms with Crippen LogP contribution in [0.25, 0.3) is 0 Å². The summed E-state index contributed by atoms with van der Waals surface area (Å²) in [4.78, 5) is 27.2. The van der Waals surface area contributed by atoms with Gasteiger partial charge in [0, 0.05) is 17.5 Å². The van der Waals surface area contributed by atoms with Gasteiger partial charge in [-0.3, -0.25) is 10.1 Å². The van der Waals surface area contributed by atoms with Crippen LogP contribution in [0.1, 0.15) is 24.1 Å². The summed E-state index contributed by atoms with van der Waals surface area (Å²) in [7, 11) is 1.60. The Kier molecular flexibility index (Phi) is 6.18. The Bertz CT molecular complexity index is 1000. The number of amidine groups is 1. The maximum atomic E-state index is 11.8.